The van der Waals surface area contributed by atoms with Crippen LogP contribution in [-0.2, 0) is 47.4 Å². The Hall–Kier alpha value is -3.36. The van der Waals surface area contributed by atoms with Crippen LogP contribution in [0.2, 0.25) is 0 Å². The summed E-state index contributed by atoms with van der Waals surface area (Å²) in [5.41, 5.74) is 0. The first kappa shape index (κ1) is 55.7. The number of amides is 2. The van der Waals surface area contributed by atoms with E-state index in [-0.39, 0.29) is 26.2 Å². The summed E-state index contributed by atoms with van der Waals surface area (Å²) in [6.45, 7) is -8.38. The molecule has 0 spiro atoms. The molecule has 0 unspecified atom stereocenters. The van der Waals surface area contributed by atoms with Crippen molar-refractivity contribution >= 4 is 50.9 Å². The molecule has 1 fully saturated rings. The number of aliphatic hydroxyl groups excluding tert-OH is 7. The van der Waals surface area contributed by atoms with Gasteiger partial charge in [0.1, 0.15) is 42.7 Å². The Morgan fingerprint density at radius 3 is 1.51 bits per heavy atom. The largest absolute Gasteiger partial charge is 0.480 e. The number of nitrogens with one attached hydrogen (secondary N) is 2. The van der Waals surface area contributed by atoms with E-state index in [1.807, 2.05) is 5.32 Å². The van der Waals surface area contributed by atoms with Gasteiger partial charge in [-0.25, -0.2) is 0 Å². The highest BCUT2D eigenvalue weighted by Crippen LogP contribution is 2.61. The molecule has 0 aromatic carbocycles. The van der Waals surface area contributed by atoms with Crippen molar-refractivity contribution in [2.24, 2.45) is 0 Å². The maximum Gasteiger partial charge on any atom is 0.341 e. The molecule has 0 aliphatic carbocycles. The third-order valence-corrected chi connectivity index (χ3v) is 12.5. The maximum atomic E-state index is 13.1. The van der Waals surface area contributed by atoms with Gasteiger partial charge >= 0.3 is 39.1 Å². The SMILES string of the molecule is O=C(O)CN(CCN(CC(=O)O)CC(=O)O)CCN(CC(=O)O)CC(=O)N[C@@H](CO)[C@@H](O)[C@H](O[C@H]1O[C@H](CO)[C@@H](O)[C@H](O)[C@H]1NC(=O)CC(P(=O)(O)O)P(=O)(O)O)[C@H](O)CO. The highest BCUT2D eigenvalue weighted by Gasteiger charge is 2.50. The van der Waals surface area contributed by atoms with Crippen molar-refractivity contribution in [2.75, 3.05) is 78.7 Å². The molecule has 61 heavy (non-hydrogen) atoms. The van der Waals surface area contributed by atoms with Gasteiger partial charge in [0.2, 0.25) is 11.8 Å². The van der Waals surface area contributed by atoms with E-state index < -0.39 is 170 Å². The van der Waals surface area contributed by atoms with E-state index in [0.29, 0.717) is 0 Å². The van der Waals surface area contributed by atoms with Crippen molar-refractivity contribution in [3.63, 3.8) is 0 Å². The van der Waals surface area contributed by atoms with E-state index >= 15 is 0 Å². The van der Waals surface area contributed by atoms with Gasteiger partial charge in [-0.15, -0.1) is 0 Å². The van der Waals surface area contributed by atoms with E-state index in [2.05, 4.69) is 5.32 Å². The van der Waals surface area contributed by atoms with Crippen LogP contribution in [0.1, 0.15) is 6.42 Å². The molecular formula is C29H53N5O25P2. The van der Waals surface area contributed by atoms with Gasteiger partial charge in [0.25, 0.3) is 0 Å². The molecule has 0 aromatic heterocycles. The van der Waals surface area contributed by atoms with Crippen LogP contribution in [0.15, 0.2) is 0 Å². The zero-order valence-corrected chi connectivity index (χ0v) is 33.8. The highest BCUT2D eigenvalue weighted by molar-refractivity contribution is 7.70. The summed E-state index contributed by atoms with van der Waals surface area (Å²) in [5, 5.41) is 111. The summed E-state index contributed by atoms with van der Waals surface area (Å²) in [6, 6.07) is -3.97. The lowest BCUT2D eigenvalue weighted by atomic mass is 9.96. The van der Waals surface area contributed by atoms with Gasteiger partial charge in [-0.3, -0.25) is 52.6 Å². The van der Waals surface area contributed by atoms with Crippen molar-refractivity contribution in [1.29, 1.82) is 0 Å². The summed E-state index contributed by atoms with van der Waals surface area (Å²) in [6.07, 6.45) is -16.5. The van der Waals surface area contributed by atoms with Gasteiger partial charge in [-0.1, -0.05) is 0 Å². The number of carboxylic acids is 4. The minimum Gasteiger partial charge on any atom is -0.480 e. The second-order valence-electron chi connectivity index (χ2n) is 13.6. The third-order valence-electron chi connectivity index (χ3n) is 8.77. The zero-order valence-electron chi connectivity index (χ0n) is 32.0. The Morgan fingerprint density at radius 1 is 0.656 bits per heavy atom. The lowest BCUT2D eigenvalue weighted by molar-refractivity contribution is -0.300. The molecule has 1 rings (SSSR count). The van der Waals surface area contributed by atoms with Gasteiger partial charge in [-0.05, 0) is 0 Å². The number of hydrogen-bond acceptors (Lipinski definition) is 20. The summed E-state index contributed by atoms with van der Waals surface area (Å²) < 4.78 is 34.3. The highest BCUT2D eigenvalue weighted by atomic mass is 31.2. The Labute approximate surface area is 344 Å². The number of ether oxygens (including phenoxy) is 2. The fourth-order valence-corrected chi connectivity index (χ4v) is 8.18. The minimum absolute atomic E-state index is 0.223. The van der Waals surface area contributed by atoms with Crippen LogP contribution in [-0.4, -0.2) is 265 Å². The zero-order chi connectivity index (χ0) is 47.0. The normalized spacial score (nSPS) is 21.9. The predicted molar refractivity (Wildman–Crippen MR) is 195 cm³/mol. The molecule has 1 aliphatic rings. The molecule has 0 bridgehead atoms. The van der Waals surface area contributed by atoms with Crippen molar-refractivity contribution in [1.82, 2.24) is 25.3 Å². The van der Waals surface area contributed by atoms with E-state index in [1.54, 1.807) is 0 Å². The smallest absolute Gasteiger partial charge is 0.341 e. The van der Waals surface area contributed by atoms with Crippen LogP contribution in [0.3, 0.4) is 0 Å². The fourth-order valence-electron chi connectivity index (χ4n) is 5.81. The summed E-state index contributed by atoms with van der Waals surface area (Å²) in [7, 11) is -11.3. The molecule has 354 valence electrons. The van der Waals surface area contributed by atoms with Crippen molar-refractivity contribution in [3.05, 3.63) is 0 Å². The first-order valence-electron chi connectivity index (χ1n) is 17.7. The molecule has 1 saturated heterocycles. The van der Waals surface area contributed by atoms with Gasteiger partial charge in [0, 0.05) is 26.2 Å². The fraction of sp³-hybridized carbons (Fsp3) is 0.793. The standard InChI is InChI=1S/C29H53N5O25P2/c35-11-14(30-18(40)6-33(8-20(43)44)3-1-32(7-19(41)42)2-4-34(9-21(45)46)10-22(47)48)25(49)28(15(38)12-36)59-29-24(27(51)26(50)16(13-37)58-29)31-17(39)5-23(60(52,53)54)61(55,56)57/h14-16,23-29,35-38,49-51H,1-13H2,(H,30,40)(H,31,39)(H,41,42)(H,43,44)(H,45,46)(H,47,48)(H2,52,53,54)(H2,55,56,57)/t14-,15+,16+,24+,25+,26+,27+,28+,29+/m0/s1. The number of nitrogens with zero attached hydrogens (tertiary/aromatic N) is 3. The first-order valence-corrected chi connectivity index (χ1v) is 21.1. The van der Waals surface area contributed by atoms with Gasteiger partial charge in [0.05, 0.1) is 65.0 Å². The lowest BCUT2D eigenvalue weighted by Crippen LogP contribution is -2.67. The Bertz CT molecular complexity index is 1530. The number of carbonyl (C=O) groups is 6. The van der Waals surface area contributed by atoms with E-state index in [0.717, 1.165) is 9.80 Å². The number of aliphatic carboxylic acids is 4. The molecule has 2 amide bonds. The average Bonchev–Trinajstić information content (AvgIpc) is 3.12. The second-order valence-corrected chi connectivity index (χ2v) is 17.6. The van der Waals surface area contributed by atoms with Crippen LogP contribution < -0.4 is 10.6 Å². The molecule has 0 radical (unpaired) electrons. The molecule has 0 saturated carbocycles. The van der Waals surface area contributed by atoms with E-state index in [9.17, 15) is 103 Å². The van der Waals surface area contributed by atoms with E-state index in [4.69, 9.17) is 19.7 Å². The van der Waals surface area contributed by atoms with Crippen LogP contribution in [0.5, 0.6) is 0 Å². The first-order chi connectivity index (χ1) is 28.1. The molecule has 0 aromatic rings. The number of rotatable bonds is 30. The summed E-state index contributed by atoms with van der Waals surface area (Å²) >= 11 is 0. The van der Waals surface area contributed by atoms with Gasteiger partial charge < -0.3 is 95.9 Å². The summed E-state index contributed by atoms with van der Waals surface area (Å²) in [5.74, 6) is -8.30. The Balaban J connectivity index is 3.29. The Kier molecular flexibility index (Phi) is 23.4. The van der Waals surface area contributed by atoms with Crippen LogP contribution in [0.4, 0.5) is 0 Å². The van der Waals surface area contributed by atoms with Crippen molar-refractivity contribution in [3.8, 4) is 0 Å². The van der Waals surface area contributed by atoms with Crippen LogP contribution in [0, 0.1) is 0 Å². The molecule has 17 N–H and O–H groups in total. The second kappa shape index (κ2) is 25.7. The van der Waals surface area contributed by atoms with E-state index in [1.165, 1.54) is 4.90 Å². The molecular weight excluding hydrogens is 880 g/mol. The third kappa shape index (κ3) is 19.7. The van der Waals surface area contributed by atoms with Gasteiger partial charge in [-0.2, -0.15) is 0 Å². The van der Waals surface area contributed by atoms with Crippen molar-refractivity contribution < 1.29 is 123 Å². The summed E-state index contributed by atoms with van der Waals surface area (Å²) in [4.78, 5) is 112. The predicted octanol–water partition coefficient (Wildman–Crippen LogP) is -9.20. The van der Waals surface area contributed by atoms with Crippen molar-refractivity contribution in [2.45, 2.75) is 66.8 Å². The number of hydrogen-bond donors (Lipinski definition) is 17. The maximum absolute atomic E-state index is 13.1. The lowest BCUT2D eigenvalue weighted by Gasteiger charge is -2.44. The van der Waals surface area contributed by atoms with Crippen LogP contribution in [0.25, 0.3) is 0 Å². The molecule has 1 aliphatic heterocycles. The molecule has 9 atom stereocenters. The number of aliphatic hydroxyl groups is 7. The molecule has 30 nitrogen and oxygen atoms in total. The van der Waals surface area contributed by atoms with Gasteiger partial charge in [0.15, 0.2) is 11.7 Å². The minimum atomic E-state index is -5.66. The molecule has 32 heteroatoms. The molecule has 1 heterocycles. The average molecular weight is 934 g/mol. The topological polar surface area (TPSA) is 492 Å². The van der Waals surface area contributed by atoms with Crippen LogP contribution >= 0.6 is 15.2 Å². The number of carboxylic acid groups (broad SMARTS) is 4. The quantitative estimate of drug-likeness (QED) is 0.0297. The number of carbonyl (C=O) groups excluding carboxylic acids is 2. The monoisotopic (exact) mass is 933 g/mol. The Morgan fingerprint density at radius 2 is 1.10 bits per heavy atom.